The second-order valence-electron chi connectivity index (χ2n) is 6.68. The van der Waals surface area contributed by atoms with Crippen molar-refractivity contribution in [2.75, 3.05) is 13.1 Å². The van der Waals surface area contributed by atoms with E-state index >= 15 is 0 Å². The van der Waals surface area contributed by atoms with Crippen LogP contribution in [-0.2, 0) is 17.9 Å². The van der Waals surface area contributed by atoms with E-state index in [9.17, 15) is 4.79 Å². The molecule has 134 valence electrons. The zero-order chi connectivity index (χ0) is 17.6. The molecule has 0 saturated carbocycles. The summed E-state index contributed by atoms with van der Waals surface area (Å²) in [6.07, 6.45) is 3.32. The third-order valence-corrected chi connectivity index (χ3v) is 5.93. The quantitative estimate of drug-likeness (QED) is 0.788. The van der Waals surface area contributed by atoms with E-state index in [0.29, 0.717) is 13.1 Å². The van der Waals surface area contributed by atoms with Gasteiger partial charge in [0.25, 0.3) is 0 Å². The highest BCUT2D eigenvalue weighted by molar-refractivity contribution is 7.09. The molecule has 1 amide bonds. The first-order valence-electron chi connectivity index (χ1n) is 9.14. The van der Waals surface area contributed by atoms with E-state index in [-0.39, 0.29) is 11.9 Å². The lowest BCUT2D eigenvalue weighted by Crippen LogP contribution is -2.50. The monoisotopic (exact) mass is 357 g/mol. The molecule has 0 bridgehead atoms. The van der Waals surface area contributed by atoms with Crippen LogP contribution in [0.15, 0.2) is 35.8 Å². The Hall–Kier alpha value is -1.72. The van der Waals surface area contributed by atoms with E-state index in [1.807, 2.05) is 35.5 Å². The van der Waals surface area contributed by atoms with E-state index < -0.39 is 0 Å². The molecule has 2 heterocycles. The maximum Gasteiger partial charge on any atom is 0.240 e. The van der Waals surface area contributed by atoms with Gasteiger partial charge in [-0.2, -0.15) is 0 Å². The molecule has 0 spiro atoms. The molecule has 1 saturated heterocycles. The zero-order valence-corrected chi connectivity index (χ0v) is 16.0. The van der Waals surface area contributed by atoms with Crippen molar-refractivity contribution in [3.63, 3.8) is 0 Å². The van der Waals surface area contributed by atoms with Gasteiger partial charge in [-0.3, -0.25) is 9.69 Å². The Balaban J connectivity index is 1.81. The molecular formula is C20H27N3OS. The van der Waals surface area contributed by atoms with Gasteiger partial charge in [0.1, 0.15) is 0 Å². The minimum atomic E-state index is 0.0238. The van der Waals surface area contributed by atoms with Gasteiger partial charge in [-0.25, -0.2) is 4.98 Å². The largest absolute Gasteiger partial charge is 0.332 e. The molecule has 1 atom stereocenters. The number of hydrogen-bond acceptors (Lipinski definition) is 4. The molecule has 25 heavy (non-hydrogen) atoms. The second-order valence-corrected chi connectivity index (χ2v) is 7.62. The Morgan fingerprint density at radius 2 is 2.08 bits per heavy atom. The summed E-state index contributed by atoms with van der Waals surface area (Å²) in [6, 6.07) is 10.3. The van der Waals surface area contributed by atoms with Gasteiger partial charge in [-0.1, -0.05) is 43.7 Å². The minimum Gasteiger partial charge on any atom is -0.332 e. The number of thiazole rings is 1. The molecule has 5 heteroatoms. The molecule has 3 rings (SSSR count). The Morgan fingerprint density at radius 1 is 1.28 bits per heavy atom. The van der Waals surface area contributed by atoms with Gasteiger partial charge in [-0.15, -0.1) is 11.3 Å². The predicted octanol–water partition coefficient (Wildman–Crippen LogP) is 3.85. The number of aryl methyl sites for hydroxylation is 1. The van der Waals surface area contributed by atoms with Crippen LogP contribution in [0.3, 0.4) is 0 Å². The fourth-order valence-corrected chi connectivity index (χ4v) is 4.32. The van der Waals surface area contributed by atoms with Crippen LogP contribution >= 0.6 is 11.3 Å². The molecule has 1 aliphatic rings. The first-order chi connectivity index (χ1) is 12.2. The first-order valence-corrected chi connectivity index (χ1v) is 10.0. The molecule has 1 fully saturated rings. The van der Waals surface area contributed by atoms with Crippen LogP contribution in [0.1, 0.15) is 42.3 Å². The molecule has 0 aliphatic carbocycles. The highest BCUT2D eigenvalue weighted by atomic mass is 32.1. The molecule has 1 aromatic carbocycles. The van der Waals surface area contributed by atoms with Gasteiger partial charge in [0.15, 0.2) is 0 Å². The summed E-state index contributed by atoms with van der Waals surface area (Å²) in [7, 11) is 0. The third kappa shape index (κ3) is 4.47. The number of amides is 1. The van der Waals surface area contributed by atoms with Crippen LogP contribution in [0, 0.1) is 6.92 Å². The molecular weight excluding hydrogens is 330 g/mol. The summed E-state index contributed by atoms with van der Waals surface area (Å²) in [6.45, 7) is 7.46. The second kappa shape index (κ2) is 8.59. The van der Waals surface area contributed by atoms with Crippen molar-refractivity contribution < 1.29 is 4.79 Å². The van der Waals surface area contributed by atoms with Crippen molar-refractivity contribution in [3.8, 4) is 0 Å². The van der Waals surface area contributed by atoms with Crippen LogP contribution < -0.4 is 0 Å². The van der Waals surface area contributed by atoms with E-state index in [2.05, 4.69) is 28.9 Å². The van der Waals surface area contributed by atoms with E-state index in [1.54, 1.807) is 11.3 Å². The number of aromatic nitrogens is 1. The molecule has 1 unspecified atom stereocenters. The van der Waals surface area contributed by atoms with Crippen LogP contribution in [0.25, 0.3) is 0 Å². The number of likely N-dealkylation sites (N-methyl/N-ethyl adjacent to an activating group) is 1. The van der Waals surface area contributed by atoms with E-state index in [1.165, 1.54) is 16.9 Å². The molecule has 0 N–H and O–H groups in total. The normalized spacial score (nSPS) is 18.2. The number of hydrogen-bond donors (Lipinski definition) is 0. The Bertz CT molecular complexity index is 685. The van der Waals surface area contributed by atoms with Gasteiger partial charge < -0.3 is 4.90 Å². The average Bonchev–Trinajstić information content (AvgIpc) is 3.06. The number of carbonyl (C=O) groups excluding carboxylic acids is 1. The van der Waals surface area contributed by atoms with Crippen LogP contribution in [0.5, 0.6) is 0 Å². The SMILES string of the molecule is CCN1CCCCC1C(=O)N(Cc1ccccc1)Cc1scnc1C. The maximum absolute atomic E-state index is 13.4. The molecule has 0 radical (unpaired) electrons. The topological polar surface area (TPSA) is 36.4 Å². The summed E-state index contributed by atoms with van der Waals surface area (Å²) >= 11 is 1.64. The highest BCUT2D eigenvalue weighted by Crippen LogP contribution is 2.23. The lowest BCUT2D eigenvalue weighted by atomic mass is 10.0. The van der Waals surface area contributed by atoms with Crippen molar-refractivity contribution in [1.82, 2.24) is 14.8 Å². The van der Waals surface area contributed by atoms with Crippen molar-refractivity contribution in [1.29, 1.82) is 0 Å². The average molecular weight is 358 g/mol. The molecule has 1 aromatic heterocycles. The summed E-state index contributed by atoms with van der Waals surface area (Å²) < 4.78 is 0. The van der Waals surface area contributed by atoms with Crippen molar-refractivity contribution in [3.05, 3.63) is 52.0 Å². The van der Waals surface area contributed by atoms with Crippen molar-refractivity contribution in [2.45, 2.75) is 52.2 Å². The van der Waals surface area contributed by atoms with E-state index in [4.69, 9.17) is 0 Å². The van der Waals surface area contributed by atoms with Crippen LogP contribution in [-0.4, -0.2) is 39.8 Å². The predicted molar refractivity (Wildman–Crippen MR) is 102 cm³/mol. The summed E-state index contributed by atoms with van der Waals surface area (Å²) in [5.74, 6) is 0.262. The summed E-state index contributed by atoms with van der Waals surface area (Å²) in [5.41, 5.74) is 4.08. The Kier molecular flexibility index (Phi) is 6.21. The lowest BCUT2D eigenvalue weighted by molar-refractivity contribution is -0.139. The Morgan fingerprint density at radius 3 is 2.76 bits per heavy atom. The maximum atomic E-state index is 13.4. The van der Waals surface area contributed by atoms with Crippen molar-refractivity contribution >= 4 is 17.2 Å². The molecule has 2 aromatic rings. The zero-order valence-electron chi connectivity index (χ0n) is 15.1. The highest BCUT2D eigenvalue weighted by Gasteiger charge is 2.31. The number of rotatable bonds is 6. The summed E-state index contributed by atoms with van der Waals surface area (Å²) in [4.78, 5) is 23.3. The fraction of sp³-hybridized carbons (Fsp3) is 0.500. The Labute approximate surface area is 154 Å². The first kappa shape index (κ1) is 18.1. The fourth-order valence-electron chi connectivity index (χ4n) is 3.53. The molecule has 4 nitrogen and oxygen atoms in total. The minimum absolute atomic E-state index is 0.0238. The van der Waals surface area contributed by atoms with Crippen LogP contribution in [0.4, 0.5) is 0 Å². The van der Waals surface area contributed by atoms with Gasteiger partial charge in [-0.05, 0) is 38.4 Å². The number of benzene rings is 1. The van der Waals surface area contributed by atoms with Gasteiger partial charge in [0.2, 0.25) is 5.91 Å². The van der Waals surface area contributed by atoms with Gasteiger partial charge >= 0.3 is 0 Å². The smallest absolute Gasteiger partial charge is 0.240 e. The number of nitrogens with zero attached hydrogens (tertiary/aromatic N) is 3. The summed E-state index contributed by atoms with van der Waals surface area (Å²) in [5, 5.41) is 0. The standard InChI is InChI=1S/C20H27N3OS/c1-3-22-12-8-7-11-18(22)20(24)23(13-17-9-5-4-6-10-17)14-19-16(2)21-15-25-19/h4-6,9-10,15,18H,3,7-8,11-14H2,1-2H3. The number of piperidine rings is 1. The third-order valence-electron chi connectivity index (χ3n) is 5.01. The van der Waals surface area contributed by atoms with Gasteiger partial charge in [0.05, 0.1) is 23.8 Å². The lowest BCUT2D eigenvalue weighted by Gasteiger charge is -2.37. The van der Waals surface area contributed by atoms with Crippen molar-refractivity contribution in [2.24, 2.45) is 0 Å². The van der Waals surface area contributed by atoms with Crippen LogP contribution in [0.2, 0.25) is 0 Å². The van der Waals surface area contributed by atoms with E-state index in [0.717, 1.165) is 31.6 Å². The molecule has 1 aliphatic heterocycles. The van der Waals surface area contributed by atoms with Gasteiger partial charge in [0, 0.05) is 11.4 Å². The number of likely N-dealkylation sites (tertiary alicyclic amines) is 1. The number of carbonyl (C=O) groups is 1.